The molecule has 0 saturated carbocycles. The molecule has 1 unspecified atom stereocenters. The molecule has 0 aliphatic carbocycles. The fourth-order valence-electron chi connectivity index (χ4n) is 2.89. The molecule has 1 aromatic heterocycles. The van der Waals surface area contributed by atoms with Gasteiger partial charge < -0.3 is 24.5 Å². The van der Waals surface area contributed by atoms with Crippen molar-refractivity contribution in [3.63, 3.8) is 0 Å². The lowest BCUT2D eigenvalue weighted by molar-refractivity contribution is -0.124. The van der Waals surface area contributed by atoms with Gasteiger partial charge in [0, 0.05) is 17.1 Å². The molecule has 0 spiro atoms. The second kappa shape index (κ2) is 7.41. The zero-order valence-corrected chi connectivity index (χ0v) is 14.4. The number of amides is 1. The molecule has 0 radical (unpaired) electrons. The number of fused-ring (bicyclic) bond motifs is 2. The van der Waals surface area contributed by atoms with Crippen LogP contribution in [0.3, 0.4) is 0 Å². The number of nitrogens with one attached hydrogen (secondary N) is 2. The van der Waals surface area contributed by atoms with Crippen LogP contribution in [0.15, 0.2) is 54.7 Å². The third-order valence-corrected chi connectivity index (χ3v) is 4.24. The van der Waals surface area contributed by atoms with Crippen LogP contribution < -0.4 is 14.8 Å². The summed E-state index contributed by atoms with van der Waals surface area (Å²) in [6, 6.07) is 14.8. The molecule has 0 fully saturated rings. The molecular formula is C20H18N2O5. The highest BCUT2D eigenvalue weighted by molar-refractivity contribution is 6.04. The van der Waals surface area contributed by atoms with Crippen LogP contribution in [0.25, 0.3) is 10.9 Å². The van der Waals surface area contributed by atoms with Gasteiger partial charge in [0.15, 0.2) is 18.1 Å². The van der Waals surface area contributed by atoms with Crippen LogP contribution in [-0.4, -0.2) is 42.7 Å². The molecule has 2 heterocycles. The van der Waals surface area contributed by atoms with E-state index < -0.39 is 11.9 Å². The van der Waals surface area contributed by atoms with Crippen molar-refractivity contribution in [1.82, 2.24) is 10.3 Å². The quantitative estimate of drug-likeness (QED) is 0.676. The lowest BCUT2D eigenvalue weighted by Gasteiger charge is -2.26. The van der Waals surface area contributed by atoms with Gasteiger partial charge in [0.1, 0.15) is 12.7 Å². The highest BCUT2D eigenvalue weighted by Gasteiger charge is 2.21. The largest absolute Gasteiger partial charge is 0.486 e. The molecule has 1 amide bonds. The first kappa shape index (κ1) is 17.0. The van der Waals surface area contributed by atoms with Crippen LogP contribution in [0.4, 0.5) is 0 Å². The predicted molar refractivity (Wildman–Crippen MR) is 97.9 cm³/mol. The summed E-state index contributed by atoms with van der Waals surface area (Å²) in [5, 5.41) is 3.45. The lowest BCUT2D eigenvalue weighted by atomic mass is 10.2. The molecule has 3 aromatic rings. The van der Waals surface area contributed by atoms with Crippen molar-refractivity contribution >= 4 is 22.8 Å². The average molecular weight is 366 g/mol. The molecule has 2 aromatic carbocycles. The summed E-state index contributed by atoms with van der Waals surface area (Å²) in [6.45, 7) is 0.243. The smallest absolute Gasteiger partial charge is 0.340 e. The molecule has 27 heavy (non-hydrogen) atoms. The molecule has 0 saturated heterocycles. The minimum atomic E-state index is -0.547. The van der Waals surface area contributed by atoms with E-state index in [4.69, 9.17) is 14.2 Å². The van der Waals surface area contributed by atoms with Gasteiger partial charge in [0.2, 0.25) is 0 Å². The van der Waals surface area contributed by atoms with E-state index in [1.54, 1.807) is 6.20 Å². The Kier molecular flexibility index (Phi) is 4.65. The number of para-hydroxylation sites is 3. The first-order valence-electron chi connectivity index (χ1n) is 8.59. The van der Waals surface area contributed by atoms with E-state index in [1.165, 1.54) is 0 Å². The maximum atomic E-state index is 12.2. The van der Waals surface area contributed by atoms with Crippen LogP contribution in [-0.2, 0) is 9.53 Å². The van der Waals surface area contributed by atoms with Crippen LogP contribution in [0.1, 0.15) is 10.4 Å². The lowest BCUT2D eigenvalue weighted by Crippen LogP contribution is -2.42. The molecule has 1 atom stereocenters. The van der Waals surface area contributed by atoms with Crippen LogP contribution >= 0.6 is 0 Å². The van der Waals surface area contributed by atoms with Gasteiger partial charge in [0.05, 0.1) is 12.1 Å². The molecule has 7 nitrogen and oxygen atoms in total. The van der Waals surface area contributed by atoms with Crippen LogP contribution in [0.5, 0.6) is 11.5 Å². The summed E-state index contributed by atoms with van der Waals surface area (Å²) in [5.74, 6) is 0.390. The third-order valence-electron chi connectivity index (χ3n) is 4.24. The molecule has 7 heteroatoms. The number of aromatic nitrogens is 1. The molecule has 1 aliphatic heterocycles. The van der Waals surface area contributed by atoms with Gasteiger partial charge in [0.25, 0.3) is 5.91 Å². The van der Waals surface area contributed by atoms with Crippen molar-refractivity contribution in [1.29, 1.82) is 0 Å². The minimum absolute atomic E-state index is 0.262. The van der Waals surface area contributed by atoms with E-state index in [1.807, 2.05) is 48.5 Å². The molecular weight excluding hydrogens is 348 g/mol. The number of ether oxygens (including phenoxy) is 3. The monoisotopic (exact) mass is 366 g/mol. The van der Waals surface area contributed by atoms with E-state index in [0.29, 0.717) is 23.7 Å². The van der Waals surface area contributed by atoms with E-state index in [2.05, 4.69) is 10.3 Å². The molecule has 0 bridgehead atoms. The first-order chi connectivity index (χ1) is 13.2. The van der Waals surface area contributed by atoms with E-state index in [0.717, 1.165) is 10.9 Å². The van der Waals surface area contributed by atoms with Gasteiger partial charge in [-0.1, -0.05) is 30.3 Å². The van der Waals surface area contributed by atoms with E-state index in [9.17, 15) is 9.59 Å². The molecule has 4 rings (SSSR count). The Morgan fingerprint density at radius 3 is 2.78 bits per heavy atom. The minimum Gasteiger partial charge on any atom is -0.486 e. The van der Waals surface area contributed by atoms with Crippen molar-refractivity contribution in [3.8, 4) is 11.5 Å². The Hall–Kier alpha value is -3.48. The third kappa shape index (κ3) is 3.72. The SMILES string of the molecule is O=C(COC(=O)c1c[nH]c2ccccc12)NCC1COc2ccccc2O1. The van der Waals surface area contributed by atoms with Gasteiger partial charge in [-0.15, -0.1) is 0 Å². The van der Waals surface area contributed by atoms with Crippen molar-refractivity contribution in [2.24, 2.45) is 0 Å². The number of hydrogen-bond donors (Lipinski definition) is 2. The van der Waals surface area contributed by atoms with Crippen molar-refractivity contribution in [2.45, 2.75) is 6.10 Å². The maximum absolute atomic E-state index is 12.2. The Labute approximate surface area is 155 Å². The Bertz CT molecular complexity index is 981. The van der Waals surface area contributed by atoms with Crippen molar-refractivity contribution in [2.75, 3.05) is 19.8 Å². The summed E-state index contributed by atoms with van der Waals surface area (Å²) in [7, 11) is 0. The first-order valence-corrected chi connectivity index (χ1v) is 8.59. The number of benzene rings is 2. The number of H-pyrrole nitrogens is 1. The van der Waals surface area contributed by atoms with Crippen molar-refractivity contribution in [3.05, 3.63) is 60.3 Å². The Balaban J connectivity index is 1.26. The highest BCUT2D eigenvalue weighted by Crippen LogP contribution is 2.30. The van der Waals surface area contributed by atoms with E-state index in [-0.39, 0.29) is 19.3 Å². The second-order valence-electron chi connectivity index (χ2n) is 6.13. The molecule has 1 aliphatic rings. The van der Waals surface area contributed by atoms with Gasteiger partial charge in [-0.2, -0.15) is 0 Å². The highest BCUT2D eigenvalue weighted by atomic mass is 16.6. The van der Waals surface area contributed by atoms with Crippen LogP contribution in [0, 0.1) is 0 Å². The summed E-state index contributed by atoms with van der Waals surface area (Å²) >= 11 is 0. The zero-order chi connectivity index (χ0) is 18.6. The van der Waals surface area contributed by atoms with Gasteiger partial charge in [-0.3, -0.25) is 4.79 Å². The second-order valence-corrected chi connectivity index (χ2v) is 6.13. The number of aromatic amines is 1. The number of carbonyl (C=O) groups excluding carboxylic acids is 2. The number of hydrogen-bond acceptors (Lipinski definition) is 5. The number of rotatable bonds is 5. The fraction of sp³-hybridized carbons (Fsp3) is 0.200. The fourth-order valence-corrected chi connectivity index (χ4v) is 2.89. The topological polar surface area (TPSA) is 89.7 Å². The van der Waals surface area contributed by atoms with Crippen molar-refractivity contribution < 1.29 is 23.8 Å². The summed E-state index contributed by atoms with van der Waals surface area (Å²) < 4.78 is 16.5. The molecule has 2 N–H and O–H groups in total. The average Bonchev–Trinajstić information content (AvgIpc) is 3.14. The standard InChI is InChI=1S/C20H18N2O5/c23-19(22-9-13-11-25-17-7-3-4-8-18(17)27-13)12-26-20(24)15-10-21-16-6-2-1-5-14(15)16/h1-8,10,13,21H,9,11-12H2,(H,22,23). The predicted octanol–water partition coefficient (Wildman–Crippen LogP) is 2.28. The summed E-state index contributed by atoms with van der Waals surface area (Å²) in [6.07, 6.45) is 1.28. The Morgan fingerprint density at radius 1 is 1.11 bits per heavy atom. The van der Waals surface area contributed by atoms with E-state index >= 15 is 0 Å². The van der Waals surface area contributed by atoms with Gasteiger partial charge >= 0.3 is 5.97 Å². The van der Waals surface area contributed by atoms with Gasteiger partial charge in [-0.05, 0) is 18.2 Å². The van der Waals surface area contributed by atoms with Crippen LogP contribution in [0.2, 0.25) is 0 Å². The summed E-state index contributed by atoms with van der Waals surface area (Å²) in [4.78, 5) is 27.2. The maximum Gasteiger partial charge on any atom is 0.340 e. The zero-order valence-electron chi connectivity index (χ0n) is 14.4. The Morgan fingerprint density at radius 2 is 1.89 bits per heavy atom. The molecule has 138 valence electrons. The number of esters is 1. The number of carbonyl (C=O) groups is 2. The normalized spacial score (nSPS) is 15.3. The summed E-state index contributed by atoms with van der Waals surface area (Å²) in [5.41, 5.74) is 1.24. The van der Waals surface area contributed by atoms with Gasteiger partial charge in [-0.25, -0.2) is 4.79 Å².